The molecule has 4 heteroatoms. The van der Waals surface area contributed by atoms with Crippen LogP contribution in [0.15, 0.2) is 53.5 Å². The van der Waals surface area contributed by atoms with Crippen molar-refractivity contribution >= 4 is 17.9 Å². The summed E-state index contributed by atoms with van der Waals surface area (Å²) in [6, 6.07) is 15.2. The van der Waals surface area contributed by atoms with Crippen molar-refractivity contribution in [2.24, 2.45) is 4.99 Å². The number of hydrogen-bond acceptors (Lipinski definition) is 2. The molecule has 26 heavy (non-hydrogen) atoms. The third-order valence-electron chi connectivity index (χ3n) is 4.54. The van der Waals surface area contributed by atoms with E-state index < -0.39 is 5.97 Å². The lowest BCUT2D eigenvalue weighted by Gasteiger charge is -2.10. The Morgan fingerprint density at radius 2 is 1.69 bits per heavy atom. The number of aromatic nitrogens is 1. The van der Waals surface area contributed by atoms with Gasteiger partial charge in [-0.25, -0.2) is 4.79 Å². The Hall–Kier alpha value is -3.14. The molecule has 0 unspecified atom stereocenters. The molecule has 0 fully saturated rings. The number of nitrogens with zero attached hydrogens (tertiary/aromatic N) is 2. The molecule has 4 nitrogen and oxygen atoms in total. The second-order valence-electron chi connectivity index (χ2n) is 6.56. The number of aromatic carboxylic acids is 1. The highest BCUT2D eigenvalue weighted by Gasteiger charge is 2.10. The fourth-order valence-electron chi connectivity index (χ4n) is 3.16. The molecular formula is C22H22N2O2. The quantitative estimate of drug-likeness (QED) is 0.663. The Morgan fingerprint density at radius 3 is 2.31 bits per heavy atom. The Kier molecular flexibility index (Phi) is 4.76. The molecule has 0 spiro atoms. The summed E-state index contributed by atoms with van der Waals surface area (Å²) in [6.45, 7) is 8.21. The van der Waals surface area contributed by atoms with Crippen LogP contribution in [-0.4, -0.2) is 21.9 Å². The number of hydrogen-bond donors (Lipinski definition) is 1. The van der Waals surface area contributed by atoms with Crippen LogP contribution in [0, 0.1) is 27.7 Å². The zero-order chi connectivity index (χ0) is 18.8. The van der Waals surface area contributed by atoms with E-state index in [1.807, 2.05) is 38.3 Å². The fourth-order valence-corrected chi connectivity index (χ4v) is 3.16. The van der Waals surface area contributed by atoms with E-state index in [0.29, 0.717) is 0 Å². The Labute approximate surface area is 153 Å². The summed E-state index contributed by atoms with van der Waals surface area (Å²) < 4.78 is 2.11. The molecule has 0 saturated heterocycles. The number of benzene rings is 2. The first-order valence-electron chi connectivity index (χ1n) is 8.51. The van der Waals surface area contributed by atoms with Gasteiger partial charge in [-0.2, -0.15) is 0 Å². The van der Waals surface area contributed by atoms with Crippen LogP contribution < -0.4 is 0 Å². The SMILES string of the molecule is Cc1ccc(N=Cc2cc(C)n(-c3ccc(C(=O)O)cc3)c2C)c(C)c1. The summed E-state index contributed by atoms with van der Waals surface area (Å²) in [6.07, 6.45) is 1.89. The minimum Gasteiger partial charge on any atom is -0.478 e. The van der Waals surface area contributed by atoms with Crippen LogP contribution in [0.2, 0.25) is 0 Å². The molecule has 1 heterocycles. The smallest absolute Gasteiger partial charge is 0.335 e. The van der Waals surface area contributed by atoms with E-state index in [0.717, 1.165) is 33.9 Å². The van der Waals surface area contributed by atoms with E-state index in [1.165, 1.54) is 5.56 Å². The number of aliphatic imine (C=N–C) groups is 1. The molecule has 0 radical (unpaired) electrons. The normalized spacial score (nSPS) is 11.2. The number of rotatable bonds is 4. The van der Waals surface area contributed by atoms with Crippen LogP contribution in [0.3, 0.4) is 0 Å². The van der Waals surface area contributed by atoms with Gasteiger partial charge in [0.2, 0.25) is 0 Å². The summed E-state index contributed by atoms with van der Waals surface area (Å²) in [7, 11) is 0. The van der Waals surface area contributed by atoms with Gasteiger partial charge in [0, 0.05) is 28.9 Å². The molecule has 0 aliphatic heterocycles. The molecule has 0 aliphatic rings. The Balaban J connectivity index is 1.95. The molecule has 0 saturated carbocycles. The first-order valence-corrected chi connectivity index (χ1v) is 8.51. The van der Waals surface area contributed by atoms with Crippen LogP contribution in [0.1, 0.15) is 38.4 Å². The third kappa shape index (κ3) is 3.45. The summed E-state index contributed by atoms with van der Waals surface area (Å²) in [5.74, 6) is -0.918. The van der Waals surface area contributed by atoms with Crippen molar-refractivity contribution in [3.05, 3.63) is 82.2 Å². The standard InChI is InChI=1S/C22H22N2O2/c1-14-5-10-21(15(2)11-14)23-13-19-12-16(3)24(17(19)4)20-8-6-18(7-9-20)22(25)26/h5-13H,1-4H3,(H,25,26). The van der Waals surface area contributed by atoms with Crippen LogP contribution in [-0.2, 0) is 0 Å². The highest BCUT2D eigenvalue weighted by atomic mass is 16.4. The Morgan fingerprint density at radius 1 is 1.00 bits per heavy atom. The van der Waals surface area contributed by atoms with Crippen molar-refractivity contribution < 1.29 is 9.90 Å². The zero-order valence-corrected chi connectivity index (χ0v) is 15.4. The largest absolute Gasteiger partial charge is 0.478 e. The van der Waals surface area contributed by atoms with E-state index >= 15 is 0 Å². The molecule has 0 bridgehead atoms. The summed E-state index contributed by atoms with van der Waals surface area (Å²) in [5.41, 5.74) is 7.76. The van der Waals surface area contributed by atoms with Crippen molar-refractivity contribution in [2.75, 3.05) is 0 Å². The maximum Gasteiger partial charge on any atom is 0.335 e. The van der Waals surface area contributed by atoms with Crippen molar-refractivity contribution in [3.8, 4) is 5.69 Å². The molecule has 1 aromatic heterocycles. The molecule has 0 amide bonds. The van der Waals surface area contributed by atoms with E-state index in [9.17, 15) is 4.79 Å². The van der Waals surface area contributed by atoms with Gasteiger partial charge in [-0.3, -0.25) is 4.99 Å². The molecule has 3 aromatic rings. The van der Waals surface area contributed by atoms with Gasteiger partial charge in [0.05, 0.1) is 11.3 Å². The van der Waals surface area contributed by atoms with Crippen molar-refractivity contribution in [2.45, 2.75) is 27.7 Å². The summed E-state index contributed by atoms with van der Waals surface area (Å²) in [5, 5.41) is 9.05. The second kappa shape index (κ2) is 7.00. The van der Waals surface area contributed by atoms with Gasteiger partial charge in [-0.15, -0.1) is 0 Å². The van der Waals surface area contributed by atoms with E-state index in [1.54, 1.807) is 12.1 Å². The van der Waals surface area contributed by atoms with Gasteiger partial charge in [0.1, 0.15) is 0 Å². The minimum atomic E-state index is -0.918. The average molecular weight is 346 g/mol. The second-order valence-corrected chi connectivity index (χ2v) is 6.56. The first-order chi connectivity index (χ1) is 12.4. The molecule has 0 atom stereocenters. The van der Waals surface area contributed by atoms with Crippen molar-refractivity contribution in [1.29, 1.82) is 0 Å². The number of carboxylic acids is 1. The number of carbonyl (C=O) groups is 1. The molecule has 1 N–H and O–H groups in total. The molecule has 3 rings (SSSR count). The summed E-state index contributed by atoms with van der Waals surface area (Å²) >= 11 is 0. The van der Waals surface area contributed by atoms with Crippen molar-refractivity contribution in [3.63, 3.8) is 0 Å². The Bertz CT molecular complexity index is 996. The van der Waals surface area contributed by atoms with Crippen LogP contribution in [0.4, 0.5) is 5.69 Å². The third-order valence-corrected chi connectivity index (χ3v) is 4.54. The number of aryl methyl sites for hydroxylation is 3. The van der Waals surface area contributed by atoms with Gasteiger partial charge in [-0.05, 0) is 69.7 Å². The van der Waals surface area contributed by atoms with Gasteiger partial charge >= 0.3 is 5.97 Å². The van der Waals surface area contributed by atoms with E-state index in [-0.39, 0.29) is 5.56 Å². The lowest BCUT2D eigenvalue weighted by Crippen LogP contribution is -2.01. The highest BCUT2D eigenvalue weighted by Crippen LogP contribution is 2.23. The fraction of sp³-hybridized carbons (Fsp3) is 0.182. The molecule has 132 valence electrons. The van der Waals surface area contributed by atoms with Gasteiger partial charge in [0.15, 0.2) is 0 Å². The van der Waals surface area contributed by atoms with Crippen LogP contribution >= 0.6 is 0 Å². The van der Waals surface area contributed by atoms with Gasteiger partial charge in [-0.1, -0.05) is 17.7 Å². The highest BCUT2D eigenvalue weighted by molar-refractivity contribution is 5.88. The summed E-state index contributed by atoms with van der Waals surface area (Å²) in [4.78, 5) is 15.7. The van der Waals surface area contributed by atoms with E-state index in [4.69, 9.17) is 5.11 Å². The minimum absolute atomic E-state index is 0.285. The molecule has 2 aromatic carbocycles. The van der Waals surface area contributed by atoms with E-state index in [2.05, 4.69) is 41.6 Å². The zero-order valence-electron chi connectivity index (χ0n) is 15.4. The van der Waals surface area contributed by atoms with Gasteiger partial charge < -0.3 is 9.67 Å². The topological polar surface area (TPSA) is 54.6 Å². The van der Waals surface area contributed by atoms with Crippen LogP contribution in [0.25, 0.3) is 5.69 Å². The van der Waals surface area contributed by atoms with Crippen molar-refractivity contribution in [1.82, 2.24) is 4.57 Å². The maximum atomic E-state index is 11.0. The maximum absolute atomic E-state index is 11.0. The molecular weight excluding hydrogens is 324 g/mol. The van der Waals surface area contributed by atoms with Gasteiger partial charge in [0.25, 0.3) is 0 Å². The lowest BCUT2D eigenvalue weighted by molar-refractivity contribution is 0.0697. The predicted molar refractivity (Wildman–Crippen MR) is 105 cm³/mol. The molecule has 0 aliphatic carbocycles. The van der Waals surface area contributed by atoms with Crippen LogP contribution in [0.5, 0.6) is 0 Å². The predicted octanol–water partition coefficient (Wildman–Crippen LogP) is 5.16. The lowest BCUT2D eigenvalue weighted by atomic mass is 10.1. The number of carboxylic acid groups (broad SMARTS) is 1. The monoisotopic (exact) mass is 346 g/mol. The first kappa shape index (κ1) is 17.7. The average Bonchev–Trinajstić information content (AvgIpc) is 2.88.